The van der Waals surface area contributed by atoms with Gasteiger partial charge in [0.15, 0.2) is 0 Å². The van der Waals surface area contributed by atoms with Gasteiger partial charge in [0, 0.05) is 17.5 Å². The quantitative estimate of drug-likeness (QED) is 0.446. The van der Waals surface area contributed by atoms with E-state index < -0.39 is 6.03 Å². The first-order chi connectivity index (χ1) is 15.2. The van der Waals surface area contributed by atoms with Gasteiger partial charge in [-0.2, -0.15) is 5.10 Å². The first-order valence-electron chi connectivity index (χ1n) is 12.9. The molecule has 6 nitrogen and oxygen atoms in total. The van der Waals surface area contributed by atoms with Crippen LogP contribution in [-0.2, 0) is 9.53 Å². The van der Waals surface area contributed by atoms with Crippen molar-refractivity contribution in [2.24, 2.45) is 57.2 Å². The molecule has 0 heterocycles. The van der Waals surface area contributed by atoms with Crippen LogP contribution in [0.15, 0.2) is 5.10 Å². The molecule has 180 valence electrons. The Bertz CT molecular complexity index is 767. The van der Waals surface area contributed by atoms with E-state index in [9.17, 15) is 9.59 Å². The summed E-state index contributed by atoms with van der Waals surface area (Å²) in [6.07, 6.45) is 12.8. The van der Waals surface area contributed by atoms with Crippen LogP contribution >= 0.6 is 0 Å². The number of primary amides is 1. The van der Waals surface area contributed by atoms with Gasteiger partial charge in [-0.15, -0.1) is 0 Å². The van der Waals surface area contributed by atoms with Gasteiger partial charge in [-0.1, -0.05) is 33.6 Å². The number of nitrogens with two attached hydrogens (primary N) is 1. The summed E-state index contributed by atoms with van der Waals surface area (Å²) >= 11 is 0. The van der Waals surface area contributed by atoms with Crippen LogP contribution in [0.2, 0.25) is 0 Å². The van der Waals surface area contributed by atoms with E-state index in [0.29, 0.717) is 35.5 Å². The Morgan fingerprint density at radius 3 is 2.66 bits per heavy atom. The molecule has 6 heteroatoms. The predicted octanol–water partition coefficient (Wildman–Crippen LogP) is 5.26. The number of rotatable bonds is 5. The summed E-state index contributed by atoms with van der Waals surface area (Å²) in [6.45, 7) is 7.24. The predicted molar refractivity (Wildman–Crippen MR) is 126 cm³/mol. The molecule has 0 spiro atoms. The topological polar surface area (TPSA) is 93.8 Å². The number of amides is 2. The van der Waals surface area contributed by atoms with Crippen LogP contribution in [0.25, 0.3) is 0 Å². The molecule has 3 N–H and O–H groups in total. The van der Waals surface area contributed by atoms with E-state index in [2.05, 4.69) is 26.2 Å². The highest BCUT2D eigenvalue weighted by Crippen LogP contribution is 2.67. The number of nitrogens with one attached hydrogen (secondary N) is 1. The third kappa shape index (κ3) is 3.86. The number of hydrogen-bond donors (Lipinski definition) is 2. The lowest BCUT2D eigenvalue weighted by Gasteiger charge is -2.61. The largest absolute Gasteiger partial charge is 0.469 e. The van der Waals surface area contributed by atoms with Crippen molar-refractivity contribution in [1.29, 1.82) is 0 Å². The lowest BCUT2D eigenvalue weighted by molar-refractivity contribution is -0.141. The van der Waals surface area contributed by atoms with Crippen molar-refractivity contribution in [1.82, 2.24) is 5.43 Å². The van der Waals surface area contributed by atoms with Gasteiger partial charge < -0.3 is 10.5 Å². The molecule has 0 bridgehead atoms. The number of nitrogens with zero attached hydrogens (tertiary/aromatic N) is 1. The van der Waals surface area contributed by atoms with Crippen LogP contribution in [0.3, 0.4) is 0 Å². The first kappa shape index (κ1) is 23.6. The summed E-state index contributed by atoms with van der Waals surface area (Å²) < 4.78 is 4.89. The summed E-state index contributed by atoms with van der Waals surface area (Å²) in [5.41, 5.74) is 9.54. The van der Waals surface area contributed by atoms with Crippen LogP contribution in [0.1, 0.15) is 91.4 Å². The molecule has 0 aromatic heterocycles. The Kier molecular flexibility index (Phi) is 6.61. The molecule has 4 aliphatic carbocycles. The maximum Gasteiger partial charge on any atom is 0.332 e. The number of carbonyl (C=O) groups excluding carboxylic acids is 2. The smallest absolute Gasteiger partial charge is 0.332 e. The number of carbonyl (C=O) groups is 2. The standard InChI is InChI=1S/C26H43N3O3/c1-16(8-13-23(30)32-4)19-11-12-20-18-10-9-17-7-5-6-14-25(17,2)21(18)15-22(26(19,20)3)28-29-24(27)31/h16-21H,5-15H2,1-4H3,(H3,27,29,31)/b28-22-/t16-,17-,18-,19+,20-,21-,25-,26+/m0/s1. The fourth-order valence-electron chi connectivity index (χ4n) is 8.90. The van der Waals surface area contributed by atoms with Gasteiger partial charge in [0.1, 0.15) is 0 Å². The first-order valence-corrected chi connectivity index (χ1v) is 12.9. The molecule has 0 aromatic carbocycles. The number of fused-ring (bicyclic) bond motifs is 5. The number of hydrazone groups is 1. The molecule has 0 unspecified atom stereocenters. The van der Waals surface area contributed by atoms with E-state index in [1.54, 1.807) is 0 Å². The third-order valence-corrected chi connectivity index (χ3v) is 10.6. The molecule has 4 aliphatic rings. The van der Waals surface area contributed by atoms with E-state index in [-0.39, 0.29) is 11.4 Å². The lowest BCUT2D eigenvalue weighted by Crippen LogP contribution is -2.57. The van der Waals surface area contributed by atoms with Gasteiger partial charge in [-0.25, -0.2) is 10.2 Å². The summed E-state index contributed by atoms with van der Waals surface area (Å²) in [6, 6.07) is -0.585. The minimum Gasteiger partial charge on any atom is -0.469 e. The summed E-state index contributed by atoms with van der Waals surface area (Å²) in [5, 5.41) is 4.70. The molecule has 0 radical (unpaired) electrons. The van der Waals surface area contributed by atoms with Crippen LogP contribution < -0.4 is 11.2 Å². The van der Waals surface area contributed by atoms with Gasteiger partial charge in [0.25, 0.3) is 0 Å². The van der Waals surface area contributed by atoms with Crippen LogP contribution in [0.4, 0.5) is 4.79 Å². The van der Waals surface area contributed by atoms with Gasteiger partial charge in [-0.05, 0) is 92.3 Å². The molecular weight excluding hydrogens is 402 g/mol. The van der Waals surface area contributed by atoms with Crippen molar-refractivity contribution < 1.29 is 14.3 Å². The zero-order chi connectivity index (χ0) is 23.1. The normalized spacial score (nSPS) is 43.0. The summed E-state index contributed by atoms with van der Waals surface area (Å²) in [4.78, 5) is 23.4. The second-order valence-corrected chi connectivity index (χ2v) is 11.7. The lowest BCUT2D eigenvalue weighted by atomic mass is 9.44. The average molecular weight is 446 g/mol. The van der Waals surface area contributed by atoms with Gasteiger partial charge in [-0.3, -0.25) is 4.79 Å². The fourth-order valence-corrected chi connectivity index (χ4v) is 8.90. The highest BCUT2D eigenvalue weighted by atomic mass is 16.5. The maximum atomic E-state index is 11.8. The zero-order valence-corrected chi connectivity index (χ0v) is 20.5. The van der Waals surface area contributed by atoms with Crippen LogP contribution in [0, 0.1) is 46.3 Å². The Balaban J connectivity index is 1.65. The Hall–Kier alpha value is -1.59. The Morgan fingerprint density at radius 1 is 1.16 bits per heavy atom. The van der Waals surface area contributed by atoms with Crippen molar-refractivity contribution in [3.05, 3.63) is 0 Å². The van der Waals surface area contributed by atoms with Gasteiger partial charge in [0.2, 0.25) is 0 Å². The van der Waals surface area contributed by atoms with E-state index in [1.165, 1.54) is 58.5 Å². The molecule has 0 saturated heterocycles. The minimum absolute atomic E-state index is 0.0446. The molecule has 2 amide bonds. The highest BCUT2D eigenvalue weighted by Gasteiger charge is 2.62. The van der Waals surface area contributed by atoms with Crippen molar-refractivity contribution in [2.75, 3.05) is 7.11 Å². The van der Waals surface area contributed by atoms with E-state index in [4.69, 9.17) is 15.6 Å². The second kappa shape index (κ2) is 8.98. The number of esters is 1. The second-order valence-electron chi connectivity index (χ2n) is 11.7. The summed E-state index contributed by atoms with van der Waals surface area (Å²) in [7, 11) is 1.46. The third-order valence-electron chi connectivity index (χ3n) is 10.6. The SMILES string of the molecule is COC(=O)CC[C@H](C)[C@H]1CC[C@H]2[C@@H]3CC[C@@H]4CCCC[C@]4(C)[C@H]3C/C(=N/NC(N)=O)[C@]12C. The van der Waals surface area contributed by atoms with E-state index in [0.717, 1.165) is 30.4 Å². The number of methoxy groups -OCH3 is 1. The van der Waals surface area contributed by atoms with Crippen LogP contribution in [0.5, 0.6) is 0 Å². The molecule has 4 saturated carbocycles. The van der Waals surface area contributed by atoms with E-state index in [1.807, 2.05) is 0 Å². The molecular formula is C26H43N3O3. The van der Waals surface area contributed by atoms with Gasteiger partial charge in [0.05, 0.1) is 7.11 Å². The van der Waals surface area contributed by atoms with Crippen molar-refractivity contribution in [3.8, 4) is 0 Å². The van der Waals surface area contributed by atoms with Crippen molar-refractivity contribution in [2.45, 2.75) is 91.4 Å². The van der Waals surface area contributed by atoms with E-state index >= 15 is 0 Å². The number of hydrogen-bond acceptors (Lipinski definition) is 4. The van der Waals surface area contributed by atoms with Crippen molar-refractivity contribution in [3.63, 3.8) is 0 Å². The molecule has 4 rings (SSSR count). The molecule has 4 fully saturated rings. The fraction of sp³-hybridized carbons (Fsp3) is 0.885. The maximum absolute atomic E-state index is 11.8. The monoisotopic (exact) mass is 445 g/mol. The molecule has 0 aromatic rings. The number of ether oxygens (including phenoxy) is 1. The molecule has 0 aliphatic heterocycles. The Morgan fingerprint density at radius 2 is 1.94 bits per heavy atom. The summed E-state index contributed by atoms with van der Waals surface area (Å²) in [5.74, 6) is 3.56. The van der Waals surface area contributed by atoms with Gasteiger partial charge >= 0.3 is 12.0 Å². The Labute approximate surface area is 193 Å². The van der Waals surface area contributed by atoms with Crippen LogP contribution in [-0.4, -0.2) is 24.8 Å². The minimum atomic E-state index is -0.585. The number of urea groups is 1. The average Bonchev–Trinajstić information content (AvgIpc) is 3.13. The highest BCUT2D eigenvalue weighted by molar-refractivity contribution is 5.93. The molecule has 8 atom stereocenters. The zero-order valence-electron chi connectivity index (χ0n) is 20.5. The van der Waals surface area contributed by atoms with Crippen molar-refractivity contribution >= 4 is 17.7 Å². The molecule has 32 heavy (non-hydrogen) atoms.